The monoisotopic (exact) mass is 392 g/mol. The van der Waals surface area contributed by atoms with Gasteiger partial charge in [0.1, 0.15) is 0 Å². The van der Waals surface area contributed by atoms with Gasteiger partial charge in [0.15, 0.2) is 0 Å². The quantitative estimate of drug-likeness (QED) is 0.719. The predicted molar refractivity (Wildman–Crippen MR) is 89.0 cm³/mol. The number of carbonyl (C=O) groups excluding carboxylic acids is 1. The summed E-state index contributed by atoms with van der Waals surface area (Å²) in [5, 5.41) is 19.1. The Hall–Kier alpha value is -2.82. The Labute approximate surface area is 152 Å². The molecule has 0 aliphatic carbocycles. The van der Waals surface area contributed by atoms with Gasteiger partial charge in [-0.3, -0.25) is 4.79 Å². The van der Waals surface area contributed by atoms with E-state index in [1.165, 1.54) is 6.07 Å². The Morgan fingerprint density at radius 1 is 1.19 bits per heavy atom. The van der Waals surface area contributed by atoms with Crippen LogP contribution in [0.2, 0.25) is 0 Å². The van der Waals surface area contributed by atoms with Crippen LogP contribution in [0.15, 0.2) is 18.2 Å². The van der Waals surface area contributed by atoms with Crippen molar-refractivity contribution in [2.24, 2.45) is 0 Å². The molecule has 1 aliphatic heterocycles. The number of alkyl halides is 3. The molecular weight excluding hydrogens is 373 g/mol. The standard InChI is InChI=1S/C14H18N2O4.C2HF3O2/c1-2-13(17)15-10-3-4-12(11(9-10)14(18)19)16-5-7-20-8-6-16;3-2(4,5)1(6)7/h3-4,9H,2,5-8H2,1H3,(H,15,17)(H,18,19);(H,6,7). The number of nitrogens with one attached hydrogen (secondary N) is 1. The summed E-state index contributed by atoms with van der Waals surface area (Å²) in [4.78, 5) is 33.6. The summed E-state index contributed by atoms with van der Waals surface area (Å²) in [6, 6.07) is 4.96. The van der Waals surface area contributed by atoms with Crippen LogP contribution in [0.25, 0.3) is 0 Å². The summed E-state index contributed by atoms with van der Waals surface area (Å²) in [5.74, 6) is -3.90. The van der Waals surface area contributed by atoms with Crippen molar-refractivity contribution in [3.05, 3.63) is 23.8 Å². The van der Waals surface area contributed by atoms with E-state index in [1.54, 1.807) is 19.1 Å². The van der Waals surface area contributed by atoms with Crippen LogP contribution in [0, 0.1) is 0 Å². The number of nitrogens with zero attached hydrogens (tertiary/aromatic N) is 1. The first-order valence-corrected chi connectivity index (χ1v) is 7.86. The zero-order chi connectivity index (χ0) is 20.6. The smallest absolute Gasteiger partial charge is 0.478 e. The largest absolute Gasteiger partial charge is 0.490 e. The lowest BCUT2D eigenvalue weighted by molar-refractivity contribution is -0.192. The molecule has 150 valence electrons. The number of halogens is 3. The fraction of sp³-hybridized carbons (Fsp3) is 0.438. The van der Waals surface area contributed by atoms with Gasteiger partial charge in [-0.1, -0.05) is 6.92 Å². The molecule has 0 spiro atoms. The van der Waals surface area contributed by atoms with Crippen molar-refractivity contribution in [2.75, 3.05) is 36.5 Å². The first kappa shape index (κ1) is 22.2. The number of carboxylic acid groups (broad SMARTS) is 2. The highest BCUT2D eigenvalue weighted by Gasteiger charge is 2.38. The van der Waals surface area contributed by atoms with E-state index in [0.29, 0.717) is 44.1 Å². The lowest BCUT2D eigenvalue weighted by Gasteiger charge is -2.30. The molecule has 1 fully saturated rings. The fourth-order valence-corrected chi connectivity index (χ4v) is 2.11. The van der Waals surface area contributed by atoms with E-state index in [1.807, 2.05) is 4.90 Å². The number of rotatable bonds is 4. The van der Waals surface area contributed by atoms with Crippen molar-refractivity contribution >= 4 is 29.2 Å². The zero-order valence-corrected chi connectivity index (χ0v) is 14.4. The van der Waals surface area contributed by atoms with Crippen LogP contribution in [0.1, 0.15) is 23.7 Å². The van der Waals surface area contributed by atoms with Gasteiger partial charge in [0.2, 0.25) is 5.91 Å². The molecule has 0 unspecified atom stereocenters. The number of benzene rings is 1. The maximum Gasteiger partial charge on any atom is 0.490 e. The molecule has 8 nitrogen and oxygen atoms in total. The molecule has 1 aromatic rings. The number of morpholine rings is 1. The fourth-order valence-electron chi connectivity index (χ4n) is 2.11. The highest BCUT2D eigenvalue weighted by atomic mass is 19.4. The van der Waals surface area contributed by atoms with Gasteiger partial charge in [0.25, 0.3) is 0 Å². The van der Waals surface area contributed by atoms with Crippen molar-refractivity contribution in [2.45, 2.75) is 19.5 Å². The minimum atomic E-state index is -5.08. The van der Waals surface area contributed by atoms with E-state index in [0.717, 1.165) is 0 Å². The van der Waals surface area contributed by atoms with Gasteiger partial charge in [-0.05, 0) is 18.2 Å². The SMILES string of the molecule is CCC(=O)Nc1ccc(N2CCOCC2)c(C(=O)O)c1.O=C(O)C(F)(F)F. The van der Waals surface area contributed by atoms with Crippen LogP contribution in [-0.2, 0) is 14.3 Å². The minimum Gasteiger partial charge on any atom is -0.478 e. The summed E-state index contributed by atoms with van der Waals surface area (Å²) in [5.41, 5.74) is 1.36. The van der Waals surface area contributed by atoms with Crippen molar-refractivity contribution in [1.29, 1.82) is 0 Å². The predicted octanol–water partition coefficient (Wildman–Crippen LogP) is 2.20. The number of hydrogen-bond donors (Lipinski definition) is 3. The molecule has 0 atom stereocenters. The van der Waals surface area contributed by atoms with Gasteiger partial charge in [-0.25, -0.2) is 9.59 Å². The number of amides is 1. The van der Waals surface area contributed by atoms with Gasteiger partial charge in [0.05, 0.1) is 24.5 Å². The highest BCUT2D eigenvalue weighted by Crippen LogP contribution is 2.25. The molecule has 1 saturated heterocycles. The van der Waals surface area contributed by atoms with Crippen molar-refractivity contribution in [1.82, 2.24) is 0 Å². The molecule has 1 amide bonds. The number of carboxylic acids is 2. The summed E-state index contributed by atoms with van der Waals surface area (Å²) < 4.78 is 37.0. The molecule has 3 N–H and O–H groups in total. The molecule has 0 aromatic heterocycles. The summed E-state index contributed by atoms with van der Waals surface area (Å²) >= 11 is 0. The van der Waals surface area contributed by atoms with Gasteiger partial charge < -0.3 is 25.2 Å². The number of aliphatic carboxylic acids is 1. The van der Waals surface area contributed by atoms with Gasteiger partial charge >= 0.3 is 18.1 Å². The highest BCUT2D eigenvalue weighted by molar-refractivity contribution is 5.98. The molecule has 0 radical (unpaired) electrons. The van der Waals surface area contributed by atoms with Crippen molar-refractivity contribution in [3.63, 3.8) is 0 Å². The third-order valence-electron chi connectivity index (χ3n) is 3.43. The van der Waals surface area contributed by atoms with Crippen LogP contribution in [0.5, 0.6) is 0 Å². The zero-order valence-electron chi connectivity index (χ0n) is 14.4. The van der Waals surface area contributed by atoms with Crippen molar-refractivity contribution < 1.29 is 42.5 Å². The number of carbonyl (C=O) groups is 3. The minimum absolute atomic E-state index is 0.138. The van der Waals surface area contributed by atoms with Crippen LogP contribution >= 0.6 is 0 Å². The molecule has 1 aliphatic rings. The Kier molecular flexibility index (Phi) is 8.03. The normalized spacial score (nSPS) is 14.0. The number of ether oxygens (including phenoxy) is 1. The second-order valence-electron chi connectivity index (χ2n) is 5.34. The molecular formula is C16H19F3N2O6. The van der Waals surface area contributed by atoms with Gasteiger partial charge in [-0.15, -0.1) is 0 Å². The summed E-state index contributed by atoms with van der Waals surface area (Å²) in [6.07, 6.45) is -4.73. The average Bonchev–Trinajstić information content (AvgIpc) is 2.62. The Balaban J connectivity index is 0.000000445. The van der Waals surface area contributed by atoms with E-state index < -0.39 is 18.1 Å². The van der Waals surface area contributed by atoms with Gasteiger partial charge in [0, 0.05) is 25.2 Å². The van der Waals surface area contributed by atoms with E-state index in [4.69, 9.17) is 14.6 Å². The van der Waals surface area contributed by atoms with E-state index >= 15 is 0 Å². The van der Waals surface area contributed by atoms with Gasteiger partial charge in [-0.2, -0.15) is 13.2 Å². The Morgan fingerprint density at radius 2 is 1.74 bits per heavy atom. The summed E-state index contributed by atoms with van der Waals surface area (Å²) in [7, 11) is 0. The molecule has 0 saturated carbocycles. The van der Waals surface area contributed by atoms with E-state index in [2.05, 4.69) is 5.32 Å². The topological polar surface area (TPSA) is 116 Å². The first-order valence-electron chi connectivity index (χ1n) is 7.86. The van der Waals surface area contributed by atoms with E-state index in [9.17, 15) is 27.9 Å². The van der Waals surface area contributed by atoms with Crippen molar-refractivity contribution in [3.8, 4) is 0 Å². The number of hydrogen-bond acceptors (Lipinski definition) is 5. The van der Waals surface area contributed by atoms with Crippen LogP contribution in [0.3, 0.4) is 0 Å². The summed E-state index contributed by atoms with van der Waals surface area (Å²) in [6.45, 7) is 4.26. The molecule has 1 heterocycles. The van der Waals surface area contributed by atoms with E-state index in [-0.39, 0.29) is 11.5 Å². The third-order valence-corrected chi connectivity index (χ3v) is 3.43. The Morgan fingerprint density at radius 3 is 2.19 bits per heavy atom. The molecule has 11 heteroatoms. The third kappa shape index (κ3) is 7.13. The molecule has 1 aromatic carbocycles. The number of aromatic carboxylic acids is 1. The first-order chi connectivity index (χ1) is 12.6. The Bertz CT molecular complexity index is 687. The molecule has 27 heavy (non-hydrogen) atoms. The second kappa shape index (κ2) is 9.76. The lowest BCUT2D eigenvalue weighted by atomic mass is 10.1. The number of anilines is 2. The average molecular weight is 392 g/mol. The molecule has 0 bridgehead atoms. The molecule has 2 rings (SSSR count). The van der Waals surface area contributed by atoms with Crippen LogP contribution in [-0.4, -0.2) is 60.5 Å². The second-order valence-corrected chi connectivity index (χ2v) is 5.34. The maximum absolute atomic E-state index is 11.4. The lowest BCUT2D eigenvalue weighted by Crippen LogP contribution is -2.37. The van der Waals surface area contributed by atoms with Crippen LogP contribution < -0.4 is 10.2 Å². The maximum atomic E-state index is 11.4. The van der Waals surface area contributed by atoms with Crippen LogP contribution in [0.4, 0.5) is 24.5 Å².